The van der Waals surface area contributed by atoms with Crippen LogP contribution in [0.5, 0.6) is 0 Å². The maximum atomic E-state index is 13.7. The SMILES string of the molecule is Cc1ccccc1CCN1CCC(CN(C(=O)C2CCOC(C)(C)C2)C2CCCC2)CC1. The van der Waals surface area contributed by atoms with Crippen molar-refractivity contribution >= 4 is 5.91 Å². The lowest BCUT2D eigenvalue weighted by molar-refractivity contribution is -0.148. The molecule has 32 heavy (non-hydrogen) atoms. The molecule has 0 spiro atoms. The molecule has 0 aromatic heterocycles. The fourth-order valence-corrected chi connectivity index (χ4v) is 6.15. The Kier molecular flexibility index (Phi) is 7.94. The first-order valence-electron chi connectivity index (χ1n) is 13.1. The van der Waals surface area contributed by atoms with Crippen molar-refractivity contribution in [3.8, 4) is 0 Å². The second-order valence-corrected chi connectivity index (χ2v) is 11.2. The van der Waals surface area contributed by atoms with Crippen molar-refractivity contribution in [2.75, 3.05) is 32.8 Å². The number of ether oxygens (including phenoxy) is 1. The number of carbonyl (C=O) groups is 1. The quantitative estimate of drug-likeness (QED) is 0.582. The highest BCUT2D eigenvalue weighted by Crippen LogP contribution is 2.33. The first kappa shape index (κ1) is 23.8. The summed E-state index contributed by atoms with van der Waals surface area (Å²) < 4.78 is 5.90. The van der Waals surface area contributed by atoms with Gasteiger partial charge in [0.2, 0.25) is 5.91 Å². The lowest BCUT2D eigenvalue weighted by Crippen LogP contribution is -2.49. The fourth-order valence-electron chi connectivity index (χ4n) is 6.15. The predicted molar refractivity (Wildman–Crippen MR) is 131 cm³/mol. The van der Waals surface area contributed by atoms with Gasteiger partial charge in [-0.25, -0.2) is 0 Å². The summed E-state index contributed by atoms with van der Waals surface area (Å²) in [5.74, 6) is 1.23. The van der Waals surface area contributed by atoms with Gasteiger partial charge < -0.3 is 14.5 Å². The summed E-state index contributed by atoms with van der Waals surface area (Å²) >= 11 is 0. The number of benzene rings is 1. The van der Waals surface area contributed by atoms with Crippen LogP contribution in [0.15, 0.2) is 24.3 Å². The van der Waals surface area contributed by atoms with Gasteiger partial charge in [0.05, 0.1) is 5.60 Å². The third kappa shape index (κ3) is 6.14. The van der Waals surface area contributed by atoms with Crippen molar-refractivity contribution in [1.82, 2.24) is 9.80 Å². The summed E-state index contributed by atoms with van der Waals surface area (Å²) in [6.45, 7) is 11.7. The van der Waals surface area contributed by atoms with E-state index in [4.69, 9.17) is 4.74 Å². The Balaban J connectivity index is 1.30. The second-order valence-electron chi connectivity index (χ2n) is 11.2. The zero-order valence-corrected chi connectivity index (χ0v) is 20.7. The van der Waals surface area contributed by atoms with Crippen LogP contribution < -0.4 is 0 Å². The van der Waals surface area contributed by atoms with Gasteiger partial charge in [-0.15, -0.1) is 0 Å². The third-order valence-corrected chi connectivity index (χ3v) is 8.22. The topological polar surface area (TPSA) is 32.8 Å². The standard InChI is InChI=1S/C28H44N2O2/c1-22-8-4-5-9-24(22)14-18-29-16-12-23(13-17-29)21-30(26-10-6-7-11-26)27(31)25-15-19-32-28(2,3)20-25/h4-5,8-9,23,25-26H,6-7,10-21H2,1-3H3. The molecule has 2 heterocycles. The number of hydrogen-bond donors (Lipinski definition) is 0. The highest BCUT2D eigenvalue weighted by molar-refractivity contribution is 5.79. The number of piperidine rings is 1. The molecule has 1 aromatic carbocycles. The molecule has 4 heteroatoms. The zero-order valence-electron chi connectivity index (χ0n) is 20.7. The van der Waals surface area contributed by atoms with Crippen LogP contribution in [0.4, 0.5) is 0 Å². The summed E-state index contributed by atoms with van der Waals surface area (Å²) in [4.78, 5) is 18.6. The zero-order chi connectivity index (χ0) is 22.6. The molecule has 1 unspecified atom stereocenters. The molecule has 0 N–H and O–H groups in total. The van der Waals surface area contributed by atoms with Gasteiger partial charge in [-0.2, -0.15) is 0 Å². The van der Waals surface area contributed by atoms with E-state index < -0.39 is 0 Å². The van der Waals surface area contributed by atoms with Crippen LogP contribution in [0.1, 0.15) is 76.3 Å². The van der Waals surface area contributed by atoms with Gasteiger partial charge >= 0.3 is 0 Å². The van der Waals surface area contributed by atoms with Crippen molar-refractivity contribution in [3.63, 3.8) is 0 Å². The first-order valence-corrected chi connectivity index (χ1v) is 13.1. The van der Waals surface area contributed by atoms with Crippen LogP contribution in [0.25, 0.3) is 0 Å². The average molecular weight is 441 g/mol. The lowest BCUT2D eigenvalue weighted by atomic mass is 9.86. The Morgan fingerprint density at radius 3 is 2.50 bits per heavy atom. The van der Waals surface area contributed by atoms with E-state index in [1.165, 1.54) is 62.7 Å². The maximum Gasteiger partial charge on any atom is 0.226 e. The second kappa shape index (κ2) is 10.7. The van der Waals surface area contributed by atoms with Gasteiger partial charge in [-0.05, 0) is 95.9 Å². The molecule has 2 aliphatic heterocycles. The van der Waals surface area contributed by atoms with E-state index in [1.54, 1.807) is 0 Å². The minimum atomic E-state index is -0.164. The molecule has 0 bridgehead atoms. The van der Waals surface area contributed by atoms with Crippen LogP contribution in [0.2, 0.25) is 0 Å². The highest BCUT2D eigenvalue weighted by atomic mass is 16.5. The van der Waals surface area contributed by atoms with Crippen molar-refractivity contribution in [3.05, 3.63) is 35.4 Å². The summed E-state index contributed by atoms with van der Waals surface area (Å²) in [6, 6.07) is 9.25. The number of rotatable bonds is 7. The first-order chi connectivity index (χ1) is 15.4. The van der Waals surface area contributed by atoms with Crippen LogP contribution >= 0.6 is 0 Å². The molecule has 2 saturated heterocycles. The van der Waals surface area contributed by atoms with Gasteiger partial charge in [0.25, 0.3) is 0 Å². The molecule has 178 valence electrons. The van der Waals surface area contributed by atoms with Crippen molar-refractivity contribution < 1.29 is 9.53 Å². The molecule has 1 saturated carbocycles. The van der Waals surface area contributed by atoms with E-state index in [-0.39, 0.29) is 11.5 Å². The van der Waals surface area contributed by atoms with Gasteiger partial charge in [-0.1, -0.05) is 37.1 Å². The minimum absolute atomic E-state index is 0.147. The number of nitrogens with zero attached hydrogens (tertiary/aromatic N) is 2. The Hall–Kier alpha value is -1.39. The van der Waals surface area contributed by atoms with E-state index in [1.807, 2.05) is 0 Å². The molecular formula is C28H44N2O2. The smallest absolute Gasteiger partial charge is 0.226 e. The molecule has 1 aromatic rings. The van der Waals surface area contributed by atoms with Gasteiger partial charge in [0, 0.05) is 31.7 Å². The molecule has 3 fully saturated rings. The molecule has 1 atom stereocenters. The Bertz CT molecular complexity index is 748. The van der Waals surface area contributed by atoms with Crippen molar-refractivity contribution in [1.29, 1.82) is 0 Å². The van der Waals surface area contributed by atoms with Crippen LogP contribution in [-0.4, -0.2) is 60.1 Å². The monoisotopic (exact) mass is 440 g/mol. The summed E-state index contributed by atoms with van der Waals surface area (Å²) in [5.41, 5.74) is 2.72. The van der Waals surface area contributed by atoms with E-state index >= 15 is 0 Å². The summed E-state index contributed by atoms with van der Waals surface area (Å²) in [7, 11) is 0. The van der Waals surface area contributed by atoms with Crippen LogP contribution in [0.3, 0.4) is 0 Å². The predicted octanol–water partition coefficient (Wildman–Crippen LogP) is 5.23. The Morgan fingerprint density at radius 2 is 1.81 bits per heavy atom. The third-order valence-electron chi connectivity index (χ3n) is 8.22. The molecule has 3 aliphatic rings. The molecule has 4 nitrogen and oxygen atoms in total. The number of amides is 1. The van der Waals surface area contributed by atoms with E-state index in [9.17, 15) is 4.79 Å². The normalized spacial score (nSPS) is 25.2. The largest absolute Gasteiger partial charge is 0.376 e. The Morgan fingerprint density at radius 1 is 1.09 bits per heavy atom. The number of hydrogen-bond acceptors (Lipinski definition) is 3. The molecule has 0 radical (unpaired) electrons. The number of likely N-dealkylation sites (tertiary alicyclic amines) is 1. The van der Waals surface area contributed by atoms with Crippen molar-refractivity contribution in [2.24, 2.45) is 11.8 Å². The number of carbonyl (C=O) groups excluding carboxylic acids is 1. The highest BCUT2D eigenvalue weighted by Gasteiger charge is 2.38. The van der Waals surface area contributed by atoms with E-state index in [2.05, 4.69) is 54.8 Å². The lowest BCUT2D eigenvalue weighted by Gasteiger charge is -2.41. The Labute approximate surface area is 195 Å². The maximum absolute atomic E-state index is 13.7. The van der Waals surface area contributed by atoms with Gasteiger partial charge in [0.15, 0.2) is 0 Å². The minimum Gasteiger partial charge on any atom is -0.376 e. The van der Waals surface area contributed by atoms with Crippen LogP contribution in [-0.2, 0) is 16.0 Å². The molecule has 1 amide bonds. The molecule has 1 aliphatic carbocycles. The van der Waals surface area contributed by atoms with Gasteiger partial charge in [-0.3, -0.25) is 4.79 Å². The van der Waals surface area contributed by atoms with E-state index in [0.29, 0.717) is 17.9 Å². The summed E-state index contributed by atoms with van der Waals surface area (Å²) in [5, 5.41) is 0. The van der Waals surface area contributed by atoms with Crippen LogP contribution in [0, 0.1) is 18.8 Å². The molecule has 4 rings (SSSR count). The van der Waals surface area contributed by atoms with E-state index in [0.717, 1.165) is 39.0 Å². The fraction of sp³-hybridized carbons (Fsp3) is 0.750. The molecular weight excluding hydrogens is 396 g/mol. The average Bonchev–Trinajstić information content (AvgIpc) is 3.31. The number of aryl methyl sites for hydroxylation is 1. The van der Waals surface area contributed by atoms with Crippen molar-refractivity contribution in [2.45, 2.75) is 90.2 Å². The summed E-state index contributed by atoms with van der Waals surface area (Å²) in [6.07, 6.45) is 10.3. The van der Waals surface area contributed by atoms with Gasteiger partial charge in [0.1, 0.15) is 0 Å².